The minimum absolute atomic E-state index is 0.390. The monoisotopic (exact) mass is 139 g/mol. The van der Waals surface area contributed by atoms with Gasteiger partial charge in [-0.15, -0.1) is 5.10 Å². The fraction of sp³-hybridized carbons (Fsp3) is 0.667. The lowest BCUT2D eigenvalue weighted by Crippen LogP contribution is -2.04. The van der Waals surface area contributed by atoms with Crippen LogP contribution in [0.3, 0.4) is 0 Å². The van der Waals surface area contributed by atoms with Crippen LogP contribution >= 0.6 is 0 Å². The maximum atomic E-state index is 5.03. The largest absolute Gasteiger partial charge is 0.371 e. The minimum atomic E-state index is 0.390. The SMILES string of the molecule is Cc1cn(CC2CO2)nn1. The van der Waals surface area contributed by atoms with E-state index in [1.54, 1.807) is 0 Å². The van der Waals surface area contributed by atoms with Crippen molar-refractivity contribution < 1.29 is 4.74 Å². The van der Waals surface area contributed by atoms with Gasteiger partial charge in [0.2, 0.25) is 0 Å². The third-order valence-electron chi connectivity index (χ3n) is 1.45. The molecule has 4 nitrogen and oxygen atoms in total. The van der Waals surface area contributed by atoms with Crippen molar-refractivity contribution in [3.63, 3.8) is 0 Å². The summed E-state index contributed by atoms with van der Waals surface area (Å²) in [7, 11) is 0. The molecule has 0 amide bonds. The molecule has 1 saturated heterocycles. The van der Waals surface area contributed by atoms with Crippen LogP contribution in [0.4, 0.5) is 0 Å². The lowest BCUT2D eigenvalue weighted by atomic mass is 10.5. The normalized spacial score (nSPS) is 23.1. The van der Waals surface area contributed by atoms with Gasteiger partial charge in [0.05, 0.1) is 18.8 Å². The van der Waals surface area contributed by atoms with Gasteiger partial charge in [0.15, 0.2) is 0 Å². The molecule has 1 fully saturated rings. The zero-order valence-electron chi connectivity index (χ0n) is 5.82. The molecule has 1 aromatic rings. The number of nitrogens with zero attached hydrogens (tertiary/aromatic N) is 3. The molecular weight excluding hydrogens is 130 g/mol. The first-order valence-electron chi connectivity index (χ1n) is 3.33. The second kappa shape index (κ2) is 2.05. The summed E-state index contributed by atoms with van der Waals surface area (Å²) in [5, 5.41) is 7.74. The zero-order chi connectivity index (χ0) is 6.97. The van der Waals surface area contributed by atoms with E-state index in [0.717, 1.165) is 18.8 Å². The zero-order valence-corrected chi connectivity index (χ0v) is 5.82. The van der Waals surface area contributed by atoms with E-state index in [0.29, 0.717) is 6.10 Å². The van der Waals surface area contributed by atoms with Crippen molar-refractivity contribution in [2.45, 2.75) is 19.6 Å². The van der Waals surface area contributed by atoms with Gasteiger partial charge < -0.3 is 4.74 Å². The molecule has 2 rings (SSSR count). The average molecular weight is 139 g/mol. The van der Waals surface area contributed by atoms with Crippen molar-refractivity contribution in [1.82, 2.24) is 15.0 Å². The van der Waals surface area contributed by atoms with Crippen LogP contribution in [-0.2, 0) is 11.3 Å². The molecular formula is C6H9N3O. The van der Waals surface area contributed by atoms with Crippen molar-refractivity contribution in [1.29, 1.82) is 0 Å². The second-order valence-electron chi connectivity index (χ2n) is 2.54. The molecule has 1 aromatic heterocycles. The molecule has 10 heavy (non-hydrogen) atoms. The lowest BCUT2D eigenvalue weighted by molar-refractivity contribution is 0.371. The summed E-state index contributed by atoms with van der Waals surface area (Å²) < 4.78 is 6.85. The van der Waals surface area contributed by atoms with E-state index in [4.69, 9.17) is 4.74 Å². The number of hydrogen-bond acceptors (Lipinski definition) is 3. The maximum absolute atomic E-state index is 5.03. The molecule has 0 radical (unpaired) electrons. The van der Waals surface area contributed by atoms with Gasteiger partial charge in [0.25, 0.3) is 0 Å². The Bertz CT molecular complexity index is 229. The van der Waals surface area contributed by atoms with Gasteiger partial charge in [-0.3, -0.25) is 0 Å². The van der Waals surface area contributed by atoms with Crippen LogP contribution in [0.25, 0.3) is 0 Å². The minimum Gasteiger partial charge on any atom is -0.371 e. The van der Waals surface area contributed by atoms with Crippen LogP contribution in [-0.4, -0.2) is 27.7 Å². The Morgan fingerprint density at radius 1 is 1.90 bits per heavy atom. The van der Waals surface area contributed by atoms with Gasteiger partial charge >= 0.3 is 0 Å². The first-order chi connectivity index (χ1) is 4.84. The summed E-state index contributed by atoms with van der Waals surface area (Å²) in [5.41, 5.74) is 0.959. The van der Waals surface area contributed by atoms with E-state index in [1.165, 1.54) is 0 Å². The number of hydrogen-bond donors (Lipinski definition) is 0. The number of aryl methyl sites for hydroxylation is 1. The molecule has 1 unspecified atom stereocenters. The molecule has 4 heteroatoms. The van der Waals surface area contributed by atoms with E-state index >= 15 is 0 Å². The molecule has 54 valence electrons. The van der Waals surface area contributed by atoms with Gasteiger partial charge in [0.1, 0.15) is 6.10 Å². The second-order valence-corrected chi connectivity index (χ2v) is 2.54. The maximum Gasteiger partial charge on any atom is 0.101 e. The highest BCUT2D eigenvalue weighted by molar-refractivity contribution is 4.87. The van der Waals surface area contributed by atoms with Crippen LogP contribution in [0.15, 0.2) is 6.20 Å². The standard InChI is InChI=1S/C6H9N3O/c1-5-2-9(8-7-5)3-6-4-10-6/h2,6H,3-4H2,1H3. The number of aromatic nitrogens is 3. The number of ether oxygens (including phenoxy) is 1. The molecule has 1 atom stereocenters. The molecule has 0 aliphatic carbocycles. The Kier molecular flexibility index (Phi) is 1.20. The number of epoxide rings is 1. The fourth-order valence-corrected chi connectivity index (χ4v) is 0.867. The number of rotatable bonds is 2. The van der Waals surface area contributed by atoms with E-state index in [9.17, 15) is 0 Å². The van der Waals surface area contributed by atoms with Crippen LogP contribution in [0.2, 0.25) is 0 Å². The van der Waals surface area contributed by atoms with E-state index < -0.39 is 0 Å². The summed E-state index contributed by atoms with van der Waals surface area (Å²) >= 11 is 0. The van der Waals surface area contributed by atoms with E-state index in [1.807, 2.05) is 17.8 Å². The highest BCUT2D eigenvalue weighted by atomic mass is 16.6. The fourth-order valence-electron chi connectivity index (χ4n) is 0.867. The quantitative estimate of drug-likeness (QED) is 0.541. The van der Waals surface area contributed by atoms with Crippen LogP contribution < -0.4 is 0 Å². The summed E-state index contributed by atoms with van der Waals surface area (Å²) in [4.78, 5) is 0. The van der Waals surface area contributed by atoms with Crippen molar-refractivity contribution in [3.8, 4) is 0 Å². The van der Waals surface area contributed by atoms with E-state index in [2.05, 4.69) is 10.3 Å². The molecule has 1 aliphatic heterocycles. The molecule has 0 saturated carbocycles. The molecule has 0 bridgehead atoms. The lowest BCUT2D eigenvalue weighted by Gasteiger charge is -1.91. The molecule has 0 aromatic carbocycles. The highest BCUT2D eigenvalue weighted by Gasteiger charge is 2.22. The van der Waals surface area contributed by atoms with Crippen LogP contribution in [0.1, 0.15) is 5.69 Å². The Hall–Kier alpha value is -0.900. The summed E-state index contributed by atoms with van der Waals surface area (Å²) in [6.45, 7) is 3.65. The molecule has 0 spiro atoms. The van der Waals surface area contributed by atoms with Crippen molar-refractivity contribution >= 4 is 0 Å². The van der Waals surface area contributed by atoms with Gasteiger partial charge in [-0.05, 0) is 6.92 Å². The molecule has 1 aliphatic rings. The van der Waals surface area contributed by atoms with Gasteiger partial charge in [-0.25, -0.2) is 4.68 Å². The van der Waals surface area contributed by atoms with Crippen LogP contribution in [0.5, 0.6) is 0 Å². The summed E-state index contributed by atoms with van der Waals surface area (Å²) in [6, 6.07) is 0. The Balaban J connectivity index is 2.03. The predicted molar refractivity (Wildman–Crippen MR) is 34.5 cm³/mol. The molecule has 0 N–H and O–H groups in total. The van der Waals surface area contributed by atoms with Crippen LogP contribution in [0, 0.1) is 6.92 Å². The Labute approximate surface area is 58.8 Å². The van der Waals surface area contributed by atoms with E-state index in [-0.39, 0.29) is 0 Å². The first-order valence-corrected chi connectivity index (χ1v) is 3.33. The average Bonchev–Trinajstić information content (AvgIpc) is 2.59. The predicted octanol–water partition coefficient (Wildman–Crippen LogP) is -0.0147. The Morgan fingerprint density at radius 2 is 2.70 bits per heavy atom. The third kappa shape index (κ3) is 1.16. The van der Waals surface area contributed by atoms with Crippen molar-refractivity contribution in [2.75, 3.05) is 6.61 Å². The highest BCUT2D eigenvalue weighted by Crippen LogP contribution is 2.10. The van der Waals surface area contributed by atoms with Crippen molar-refractivity contribution in [3.05, 3.63) is 11.9 Å². The van der Waals surface area contributed by atoms with Gasteiger partial charge in [-0.2, -0.15) is 0 Å². The molecule has 2 heterocycles. The Morgan fingerprint density at radius 3 is 3.20 bits per heavy atom. The first kappa shape index (κ1) is 5.85. The third-order valence-corrected chi connectivity index (χ3v) is 1.45. The van der Waals surface area contributed by atoms with Crippen molar-refractivity contribution in [2.24, 2.45) is 0 Å². The van der Waals surface area contributed by atoms with Gasteiger partial charge in [-0.1, -0.05) is 5.21 Å². The van der Waals surface area contributed by atoms with Gasteiger partial charge in [0, 0.05) is 6.20 Å². The summed E-state index contributed by atoms with van der Waals surface area (Å²) in [6.07, 6.45) is 2.31. The topological polar surface area (TPSA) is 43.2 Å². The smallest absolute Gasteiger partial charge is 0.101 e. The summed E-state index contributed by atoms with van der Waals surface area (Å²) in [5.74, 6) is 0.